The molecule has 5 atom stereocenters. The molecule has 0 spiro atoms. The third-order valence-electron chi connectivity index (χ3n) is 5.75. The molecule has 2 aliphatic rings. The van der Waals surface area contributed by atoms with Crippen molar-refractivity contribution in [1.29, 1.82) is 0 Å². The normalized spacial score (nSPS) is 46.4. The number of alkyl halides is 2. The fraction of sp³-hybridized carbons (Fsp3) is 1.00. The second kappa shape index (κ2) is 7.45. The molecule has 118 valence electrons. The summed E-state index contributed by atoms with van der Waals surface area (Å²) >= 11 is 6.39. The van der Waals surface area contributed by atoms with Gasteiger partial charge in [0.2, 0.25) is 0 Å². The van der Waals surface area contributed by atoms with Gasteiger partial charge in [0.15, 0.2) is 0 Å². The molecule has 0 saturated heterocycles. The number of hydrogen-bond donors (Lipinski definition) is 0. The Kier molecular flexibility index (Phi) is 6.16. The molecular formula is C17H30ClFO. The molecule has 0 bridgehead atoms. The fourth-order valence-corrected chi connectivity index (χ4v) is 4.68. The molecule has 0 aliphatic heterocycles. The van der Waals surface area contributed by atoms with Gasteiger partial charge in [0.05, 0.1) is 11.5 Å². The lowest BCUT2D eigenvalue weighted by Gasteiger charge is -2.40. The van der Waals surface area contributed by atoms with Gasteiger partial charge in [-0.1, -0.05) is 46.0 Å². The maximum atomic E-state index is 14.2. The summed E-state index contributed by atoms with van der Waals surface area (Å²) < 4.78 is 19.5. The Balaban J connectivity index is 1.82. The van der Waals surface area contributed by atoms with Crippen molar-refractivity contribution in [2.75, 3.05) is 7.11 Å². The molecule has 2 aliphatic carbocycles. The molecule has 0 aromatic carbocycles. The quantitative estimate of drug-likeness (QED) is 0.648. The average molecular weight is 305 g/mol. The minimum absolute atomic E-state index is 0.306. The molecule has 20 heavy (non-hydrogen) atoms. The van der Waals surface area contributed by atoms with Gasteiger partial charge in [-0.3, -0.25) is 0 Å². The number of methoxy groups -OCH3 is 1. The van der Waals surface area contributed by atoms with Crippen LogP contribution in [0.5, 0.6) is 0 Å². The summed E-state index contributed by atoms with van der Waals surface area (Å²) in [6, 6.07) is 0. The van der Waals surface area contributed by atoms with Crippen LogP contribution >= 0.6 is 11.6 Å². The maximum Gasteiger partial charge on any atom is 0.143 e. The Morgan fingerprint density at radius 2 is 1.75 bits per heavy atom. The van der Waals surface area contributed by atoms with E-state index in [9.17, 15) is 4.39 Å². The number of halogens is 2. The molecule has 2 rings (SSSR count). The third kappa shape index (κ3) is 3.88. The Bertz CT molecular complexity index is 291. The maximum absolute atomic E-state index is 14.2. The van der Waals surface area contributed by atoms with E-state index >= 15 is 0 Å². The van der Waals surface area contributed by atoms with Crippen LogP contribution in [0.25, 0.3) is 0 Å². The lowest BCUT2D eigenvalue weighted by Crippen LogP contribution is -2.45. The lowest BCUT2D eigenvalue weighted by atomic mass is 9.73. The zero-order valence-corrected chi connectivity index (χ0v) is 13.9. The van der Waals surface area contributed by atoms with Gasteiger partial charge in [-0.25, -0.2) is 4.39 Å². The minimum Gasteiger partial charge on any atom is -0.378 e. The van der Waals surface area contributed by atoms with Crippen LogP contribution in [0.2, 0.25) is 0 Å². The monoisotopic (exact) mass is 304 g/mol. The van der Waals surface area contributed by atoms with Crippen molar-refractivity contribution >= 4 is 11.6 Å². The van der Waals surface area contributed by atoms with E-state index in [0.717, 1.165) is 24.7 Å². The predicted molar refractivity (Wildman–Crippen MR) is 83.0 cm³/mol. The van der Waals surface area contributed by atoms with E-state index in [0.29, 0.717) is 11.8 Å². The van der Waals surface area contributed by atoms with Crippen molar-refractivity contribution in [1.82, 2.24) is 0 Å². The van der Waals surface area contributed by atoms with Gasteiger partial charge in [0.25, 0.3) is 0 Å². The van der Waals surface area contributed by atoms with E-state index < -0.39 is 6.17 Å². The molecule has 1 nitrogen and oxygen atoms in total. The molecule has 0 aromatic heterocycles. The second-order valence-electron chi connectivity index (χ2n) is 7.24. The van der Waals surface area contributed by atoms with Crippen molar-refractivity contribution in [2.45, 2.75) is 76.4 Å². The zero-order chi connectivity index (χ0) is 14.7. The topological polar surface area (TPSA) is 9.23 Å². The first kappa shape index (κ1) is 16.5. The molecule has 0 aromatic rings. The molecule has 0 N–H and O–H groups in total. The van der Waals surface area contributed by atoms with Crippen molar-refractivity contribution in [3.05, 3.63) is 0 Å². The molecule has 5 unspecified atom stereocenters. The van der Waals surface area contributed by atoms with Crippen LogP contribution in [-0.4, -0.2) is 24.8 Å². The molecule has 0 amide bonds. The highest BCUT2D eigenvalue weighted by Gasteiger charge is 2.42. The first-order chi connectivity index (χ1) is 9.52. The SMILES string of the molecule is COC1CC(C)C(CCC2CCC(C)CC2)C(Cl)C1F. The molecular weight excluding hydrogens is 275 g/mol. The highest BCUT2D eigenvalue weighted by molar-refractivity contribution is 6.21. The van der Waals surface area contributed by atoms with Crippen LogP contribution in [-0.2, 0) is 4.74 Å². The van der Waals surface area contributed by atoms with Crippen molar-refractivity contribution in [3.63, 3.8) is 0 Å². The number of ether oxygens (including phenoxy) is 1. The van der Waals surface area contributed by atoms with E-state index in [1.807, 2.05) is 0 Å². The highest BCUT2D eigenvalue weighted by Crippen LogP contribution is 2.41. The number of rotatable bonds is 4. The predicted octanol–water partition coefficient (Wildman–Crippen LogP) is 5.21. The third-order valence-corrected chi connectivity index (χ3v) is 6.31. The largest absolute Gasteiger partial charge is 0.378 e. The summed E-state index contributed by atoms with van der Waals surface area (Å²) in [5.41, 5.74) is 0. The van der Waals surface area contributed by atoms with Crippen LogP contribution in [0, 0.1) is 23.7 Å². The van der Waals surface area contributed by atoms with Crippen LogP contribution in [0.1, 0.15) is 58.8 Å². The summed E-state index contributed by atoms with van der Waals surface area (Å²) in [5.74, 6) is 2.54. The summed E-state index contributed by atoms with van der Waals surface area (Å²) in [5, 5.41) is -0.369. The van der Waals surface area contributed by atoms with E-state index in [1.165, 1.54) is 32.1 Å². The standard InChI is InChI=1S/C17H30ClFO/c1-11-4-6-13(7-5-11)8-9-14-12(2)10-15(20-3)17(19)16(14)18/h11-17H,4-10H2,1-3H3. The molecule has 0 radical (unpaired) electrons. The Morgan fingerprint density at radius 3 is 2.35 bits per heavy atom. The lowest BCUT2D eigenvalue weighted by molar-refractivity contribution is -0.0284. The molecule has 0 heterocycles. The number of hydrogen-bond acceptors (Lipinski definition) is 1. The van der Waals surface area contributed by atoms with Crippen LogP contribution in [0.15, 0.2) is 0 Å². The van der Waals surface area contributed by atoms with E-state index in [4.69, 9.17) is 16.3 Å². The summed E-state index contributed by atoms with van der Waals surface area (Å²) in [6.07, 6.45) is 7.27. The van der Waals surface area contributed by atoms with E-state index in [-0.39, 0.29) is 11.5 Å². The van der Waals surface area contributed by atoms with E-state index in [2.05, 4.69) is 13.8 Å². The van der Waals surface area contributed by atoms with Gasteiger partial charge in [-0.05, 0) is 36.5 Å². The summed E-state index contributed by atoms with van der Waals surface area (Å²) in [4.78, 5) is 0. The average Bonchev–Trinajstić information content (AvgIpc) is 2.44. The summed E-state index contributed by atoms with van der Waals surface area (Å²) in [6.45, 7) is 4.56. The van der Waals surface area contributed by atoms with Gasteiger partial charge in [-0.15, -0.1) is 11.6 Å². The van der Waals surface area contributed by atoms with Gasteiger partial charge < -0.3 is 4.74 Å². The van der Waals surface area contributed by atoms with Crippen molar-refractivity contribution < 1.29 is 9.13 Å². The second-order valence-corrected chi connectivity index (χ2v) is 7.75. The van der Waals surface area contributed by atoms with Crippen molar-refractivity contribution in [2.24, 2.45) is 23.7 Å². The van der Waals surface area contributed by atoms with Crippen LogP contribution in [0.3, 0.4) is 0 Å². The summed E-state index contributed by atoms with van der Waals surface area (Å²) in [7, 11) is 1.59. The Hall–Kier alpha value is 0.180. The molecule has 3 heteroatoms. The van der Waals surface area contributed by atoms with Gasteiger partial charge in [-0.2, -0.15) is 0 Å². The van der Waals surface area contributed by atoms with Crippen LogP contribution in [0.4, 0.5) is 4.39 Å². The van der Waals surface area contributed by atoms with Gasteiger partial charge in [0.1, 0.15) is 6.17 Å². The Labute approximate surface area is 128 Å². The molecule has 2 saturated carbocycles. The highest BCUT2D eigenvalue weighted by atomic mass is 35.5. The zero-order valence-electron chi connectivity index (χ0n) is 13.2. The molecule has 2 fully saturated rings. The first-order valence-electron chi connectivity index (χ1n) is 8.33. The Morgan fingerprint density at radius 1 is 1.10 bits per heavy atom. The van der Waals surface area contributed by atoms with Gasteiger partial charge >= 0.3 is 0 Å². The first-order valence-corrected chi connectivity index (χ1v) is 8.77. The smallest absolute Gasteiger partial charge is 0.143 e. The van der Waals surface area contributed by atoms with Crippen molar-refractivity contribution in [3.8, 4) is 0 Å². The van der Waals surface area contributed by atoms with Crippen LogP contribution < -0.4 is 0 Å². The van der Waals surface area contributed by atoms with Gasteiger partial charge in [0, 0.05) is 7.11 Å². The fourth-order valence-electron chi connectivity index (χ4n) is 4.14. The van der Waals surface area contributed by atoms with E-state index in [1.54, 1.807) is 7.11 Å². The minimum atomic E-state index is -1.01.